The largest absolute Gasteiger partial charge is 0.322 e. The van der Waals surface area contributed by atoms with Gasteiger partial charge < -0.3 is 20.9 Å². The third kappa shape index (κ3) is 13.0. The quantitative estimate of drug-likeness (QED) is 0.141. The molecule has 6 aromatic heterocycles. The number of piperazine rings is 2. The fourth-order valence-corrected chi connectivity index (χ4v) is 9.94. The minimum absolute atomic E-state index is 0.212. The van der Waals surface area contributed by atoms with Gasteiger partial charge in [0.2, 0.25) is 0 Å². The van der Waals surface area contributed by atoms with Crippen molar-refractivity contribution in [1.29, 1.82) is 0 Å². The van der Waals surface area contributed by atoms with Crippen LogP contribution in [0.2, 0.25) is 0 Å². The first-order chi connectivity index (χ1) is 37.1. The van der Waals surface area contributed by atoms with Crippen LogP contribution in [0, 0.1) is 37.5 Å². The molecule has 3 N–H and O–H groups in total. The zero-order chi connectivity index (χ0) is 52.4. The van der Waals surface area contributed by atoms with Gasteiger partial charge in [0.1, 0.15) is 11.4 Å². The van der Waals surface area contributed by atoms with Crippen molar-refractivity contribution in [2.24, 2.45) is 0 Å². The summed E-state index contributed by atoms with van der Waals surface area (Å²) in [5, 5.41) is 18.0. The molecular formula is C59H63N15O2. The minimum atomic E-state index is -0.222. The molecule has 386 valence electrons. The summed E-state index contributed by atoms with van der Waals surface area (Å²) in [6, 6.07) is 24.4. The van der Waals surface area contributed by atoms with Crippen LogP contribution in [0.25, 0.3) is 11.3 Å². The fraction of sp³-hybridized carbons (Fsp3) is 0.322. The molecule has 0 radical (unpaired) electrons. The summed E-state index contributed by atoms with van der Waals surface area (Å²) >= 11 is 0. The van der Waals surface area contributed by atoms with Crippen LogP contribution in [0.4, 0.5) is 11.4 Å². The number of carbonyl (C=O) groups excluding carboxylic acids is 2. The first-order valence-electron chi connectivity index (χ1n) is 26.0. The second-order valence-electron chi connectivity index (χ2n) is 19.9. The van der Waals surface area contributed by atoms with E-state index >= 15 is 0 Å². The van der Waals surface area contributed by atoms with Crippen LogP contribution in [0.5, 0.6) is 0 Å². The van der Waals surface area contributed by atoms with E-state index in [9.17, 15) is 9.59 Å². The number of piperidine rings is 1. The molecular weight excluding hydrogens is 951 g/mol. The number of rotatable bonds is 9. The summed E-state index contributed by atoms with van der Waals surface area (Å²) in [6.45, 7) is 18.4. The van der Waals surface area contributed by atoms with Crippen molar-refractivity contribution in [3.8, 4) is 23.7 Å². The minimum Gasteiger partial charge on any atom is -0.322 e. The molecule has 0 aliphatic carbocycles. The molecule has 3 fully saturated rings. The highest BCUT2D eigenvalue weighted by molar-refractivity contribution is 6.05. The van der Waals surface area contributed by atoms with Gasteiger partial charge in [0.15, 0.2) is 11.3 Å². The molecule has 3 aliphatic rings. The predicted octanol–water partition coefficient (Wildman–Crippen LogP) is 6.18. The molecule has 11 rings (SSSR count). The van der Waals surface area contributed by atoms with Gasteiger partial charge in [-0.3, -0.25) is 34.3 Å². The highest BCUT2D eigenvalue weighted by Crippen LogP contribution is 2.24. The molecule has 0 unspecified atom stereocenters. The number of benzene rings is 2. The van der Waals surface area contributed by atoms with Crippen molar-refractivity contribution in [3.05, 3.63) is 178 Å². The van der Waals surface area contributed by atoms with Gasteiger partial charge in [0, 0.05) is 131 Å². The Morgan fingerprint density at radius 2 is 1.14 bits per heavy atom. The van der Waals surface area contributed by atoms with Crippen LogP contribution in [0.3, 0.4) is 0 Å². The maximum absolute atomic E-state index is 13.0. The average molecular weight is 1010 g/mol. The highest BCUT2D eigenvalue weighted by atomic mass is 16.2. The second-order valence-corrected chi connectivity index (χ2v) is 19.9. The number of nitrogens with zero attached hydrogens (tertiary/aromatic N) is 12. The third-order valence-corrected chi connectivity index (χ3v) is 14.3. The van der Waals surface area contributed by atoms with Crippen molar-refractivity contribution in [2.45, 2.75) is 58.8 Å². The Kier molecular flexibility index (Phi) is 16.2. The number of likely N-dealkylation sites (N-methyl/N-ethyl adjacent to an activating group) is 1. The van der Waals surface area contributed by atoms with Crippen molar-refractivity contribution in [1.82, 2.24) is 64.1 Å². The van der Waals surface area contributed by atoms with E-state index in [-0.39, 0.29) is 11.8 Å². The molecule has 0 bridgehead atoms. The molecule has 17 nitrogen and oxygen atoms in total. The number of imidazole rings is 2. The molecule has 3 aliphatic heterocycles. The van der Waals surface area contributed by atoms with E-state index in [1.807, 2.05) is 42.5 Å². The fourth-order valence-electron chi connectivity index (χ4n) is 9.94. The maximum atomic E-state index is 13.0. The van der Waals surface area contributed by atoms with Crippen LogP contribution in [0.15, 0.2) is 122 Å². The van der Waals surface area contributed by atoms with Gasteiger partial charge in [0.05, 0.1) is 23.5 Å². The Morgan fingerprint density at radius 1 is 0.618 bits per heavy atom. The number of aryl methyl sites for hydroxylation is 2. The summed E-state index contributed by atoms with van der Waals surface area (Å²) in [6.07, 6.45) is 15.6. The van der Waals surface area contributed by atoms with E-state index in [1.165, 1.54) is 55.7 Å². The lowest BCUT2D eigenvalue weighted by molar-refractivity contribution is 0.0657. The van der Waals surface area contributed by atoms with Crippen molar-refractivity contribution < 1.29 is 9.59 Å². The lowest BCUT2D eigenvalue weighted by Crippen LogP contribution is -2.52. The molecule has 2 aromatic carbocycles. The highest BCUT2D eigenvalue weighted by Gasteiger charge is 2.27. The number of aromatic nitrogens is 8. The topological polar surface area (TPSA) is 169 Å². The third-order valence-electron chi connectivity index (χ3n) is 14.3. The van der Waals surface area contributed by atoms with Crippen molar-refractivity contribution >= 4 is 34.5 Å². The van der Waals surface area contributed by atoms with Crippen LogP contribution >= 0.6 is 0 Å². The van der Waals surface area contributed by atoms with Gasteiger partial charge in [-0.1, -0.05) is 24.0 Å². The Hall–Kier alpha value is -8.16. The maximum Gasteiger partial charge on any atom is 0.257 e. The van der Waals surface area contributed by atoms with Gasteiger partial charge in [-0.25, -0.2) is 19.0 Å². The van der Waals surface area contributed by atoms with E-state index in [0.717, 1.165) is 80.1 Å². The van der Waals surface area contributed by atoms with E-state index in [2.05, 4.69) is 135 Å². The zero-order valence-corrected chi connectivity index (χ0v) is 43.6. The number of pyridine rings is 2. The molecule has 76 heavy (non-hydrogen) atoms. The van der Waals surface area contributed by atoms with Crippen LogP contribution < -0.4 is 16.0 Å². The summed E-state index contributed by atoms with van der Waals surface area (Å²) in [4.78, 5) is 53.1. The van der Waals surface area contributed by atoms with Crippen molar-refractivity contribution in [3.63, 3.8) is 0 Å². The summed E-state index contributed by atoms with van der Waals surface area (Å²) in [5.74, 6) is 11.8. The number of likely N-dealkylation sites (tertiary alicyclic amines) is 1. The smallest absolute Gasteiger partial charge is 0.257 e. The number of hydrogen-bond donors (Lipinski definition) is 3. The van der Waals surface area contributed by atoms with Gasteiger partial charge in [0.25, 0.3) is 11.8 Å². The van der Waals surface area contributed by atoms with E-state index < -0.39 is 0 Å². The SMILES string of the molecule is Cc1cc(NC(=O)c2cncc(C#Cc3cnc4cccnn34)c2)ccc1CN1CCC(N2CCN(C)CC2)CC1.Cc1cc(NC(=O)c2cncc(C#Cc3cnc4cccnn34)c2)ccc1CN1CCN[C@H](C)C1. The first kappa shape index (κ1) is 51.3. The Bertz CT molecular complexity index is 3480. The van der Waals surface area contributed by atoms with Gasteiger partial charge in [-0.15, -0.1) is 0 Å². The molecule has 0 saturated carbocycles. The van der Waals surface area contributed by atoms with Crippen LogP contribution in [0.1, 0.15) is 85.2 Å². The number of hydrogen-bond acceptors (Lipinski definition) is 13. The zero-order valence-electron chi connectivity index (χ0n) is 43.6. The summed E-state index contributed by atoms with van der Waals surface area (Å²) < 4.78 is 3.35. The van der Waals surface area contributed by atoms with Gasteiger partial charge >= 0.3 is 0 Å². The molecule has 9 heterocycles. The van der Waals surface area contributed by atoms with E-state index in [0.29, 0.717) is 39.7 Å². The average Bonchev–Trinajstić information content (AvgIpc) is 4.06. The molecule has 17 heteroatoms. The lowest BCUT2D eigenvalue weighted by Gasteiger charge is -2.42. The Balaban J connectivity index is 0.000000175. The molecule has 3 saturated heterocycles. The number of amides is 2. The molecule has 8 aromatic rings. The Morgan fingerprint density at radius 3 is 1.66 bits per heavy atom. The number of nitrogens with one attached hydrogen (secondary N) is 3. The van der Waals surface area contributed by atoms with Crippen LogP contribution in [-0.4, -0.2) is 149 Å². The standard InChI is InChI=1S/C32H36N8O.C27H27N7O/c1-24-18-28(7-6-26(24)23-38-12-9-29(10-13-38)39-16-14-37(2)15-17-39)36-32(41)27-19-25(20-33-21-27)5-8-30-22-34-31-4-3-11-35-40(30)31;1-19-12-24(7-6-22(19)18-33-11-10-29-20(2)17-33)32-27(35)23-13-21(14-28-15-23)5-8-25-16-30-26-4-3-9-31-34(25)26/h3-4,6-7,11,18-22,29H,9-10,12-17,23H2,1-2H3,(H,36,41);3-4,6-7,9,12-16,20,29H,10-11,17-18H2,1-2H3,(H,32,35)/t;20-/m.1/s1. The molecule has 0 spiro atoms. The van der Waals surface area contributed by atoms with Crippen LogP contribution in [-0.2, 0) is 13.1 Å². The van der Waals surface area contributed by atoms with E-state index in [4.69, 9.17) is 0 Å². The summed E-state index contributed by atoms with van der Waals surface area (Å²) in [7, 11) is 2.22. The monoisotopic (exact) mass is 1010 g/mol. The number of carbonyl (C=O) groups is 2. The number of anilines is 2. The predicted molar refractivity (Wildman–Crippen MR) is 295 cm³/mol. The summed E-state index contributed by atoms with van der Waals surface area (Å²) in [5.41, 5.74) is 11.5. The number of fused-ring (bicyclic) bond motifs is 2. The molecule has 1 atom stereocenters. The molecule has 2 amide bonds. The van der Waals surface area contributed by atoms with E-state index in [1.54, 1.807) is 70.7 Å². The first-order valence-corrected chi connectivity index (χ1v) is 26.0. The normalized spacial score (nSPS) is 16.7. The Labute approximate surface area is 443 Å². The second kappa shape index (κ2) is 24.0. The lowest BCUT2D eigenvalue weighted by atomic mass is 10.0. The van der Waals surface area contributed by atoms with Gasteiger partial charge in [-0.05, 0) is 149 Å². The van der Waals surface area contributed by atoms with Gasteiger partial charge in [-0.2, -0.15) is 10.2 Å². The van der Waals surface area contributed by atoms with Crippen molar-refractivity contribution in [2.75, 3.05) is 76.6 Å².